The number of hydrogen-bond acceptors (Lipinski definition) is 6. The van der Waals surface area contributed by atoms with Gasteiger partial charge in [0.25, 0.3) is 0 Å². The Labute approximate surface area is 185 Å². The molecule has 0 saturated carbocycles. The number of unbranched alkanes of at least 4 members (excludes halogenated alkanes) is 2. The molecule has 0 aromatic carbocycles. The molecule has 8 heteroatoms. The summed E-state index contributed by atoms with van der Waals surface area (Å²) in [6, 6.07) is -1.35. The molecule has 8 nitrogen and oxygen atoms in total. The van der Waals surface area contributed by atoms with E-state index < -0.39 is 41.1 Å². The van der Waals surface area contributed by atoms with Crippen LogP contribution in [0.3, 0.4) is 0 Å². The fourth-order valence-electron chi connectivity index (χ4n) is 6.04. The zero-order chi connectivity index (χ0) is 22.8. The summed E-state index contributed by atoms with van der Waals surface area (Å²) < 4.78 is 12.0. The van der Waals surface area contributed by atoms with E-state index in [4.69, 9.17) is 9.47 Å². The van der Waals surface area contributed by atoms with Crippen molar-refractivity contribution in [2.45, 2.75) is 95.9 Å². The van der Waals surface area contributed by atoms with Crippen molar-refractivity contribution < 1.29 is 29.0 Å². The molecule has 3 rings (SSSR count). The van der Waals surface area contributed by atoms with Gasteiger partial charge < -0.3 is 24.8 Å². The van der Waals surface area contributed by atoms with Gasteiger partial charge in [0.05, 0.1) is 30.8 Å². The molecule has 0 aromatic rings. The van der Waals surface area contributed by atoms with Gasteiger partial charge in [-0.3, -0.25) is 14.4 Å². The number of fused-ring (bicyclic) bond motifs is 1. The fraction of sp³-hybridized carbons (Fsp3) is 0.870. The normalized spacial score (nSPS) is 34.7. The van der Waals surface area contributed by atoms with E-state index in [-0.39, 0.29) is 25.0 Å². The average molecular weight is 439 g/mol. The summed E-state index contributed by atoms with van der Waals surface area (Å²) in [4.78, 5) is 41.7. The number of aliphatic hydroxyl groups excluding tert-OH is 1. The van der Waals surface area contributed by atoms with E-state index in [1.807, 2.05) is 13.8 Å². The molecule has 2 amide bonds. The summed E-state index contributed by atoms with van der Waals surface area (Å²) in [5.41, 5.74) is -1.83. The van der Waals surface area contributed by atoms with E-state index in [1.165, 1.54) is 4.90 Å². The molecule has 176 valence electrons. The van der Waals surface area contributed by atoms with E-state index in [0.717, 1.165) is 19.3 Å². The molecule has 3 saturated heterocycles. The molecular weight excluding hydrogens is 400 g/mol. The standard InChI is InChI=1S/C23H38N2O6/c1-5-9-10-13-24-19(27)18-23-12-11-22(7-3,31-23)17(21(29)30-8-4)16(23)20(28)25(18)15(6-2)14-26/h15-18,26H,5-14H2,1-4H3,(H,24,27)/t15-,16-,17+,18?,22-,23?/m0/s1. The number of rotatable bonds is 11. The van der Waals surface area contributed by atoms with Crippen LogP contribution < -0.4 is 5.32 Å². The summed E-state index contributed by atoms with van der Waals surface area (Å²) >= 11 is 0. The van der Waals surface area contributed by atoms with Crippen LogP contribution in [0.15, 0.2) is 0 Å². The number of ether oxygens (including phenoxy) is 2. The maximum absolute atomic E-state index is 13.7. The Morgan fingerprint density at radius 2 is 2.00 bits per heavy atom. The highest BCUT2D eigenvalue weighted by Gasteiger charge is 2.79. The number of nitrogens with zero attached hydrogens (tertiary/aromatic N) is 1. The highest BCUT2D eigenvalue weighted by atomic mass is 16.6. The molecule has 0 radical (unpaired) electrons. The van der Waals surface area contributed by atoms with Gasteiger partial charge in [-0.05, 0) is 39.0 Å². The van der Waals surface area contributed by atoms with Gasteiger partial charge in [-0.25, -0.2) is 0 Å². The summed E-state index contributed by atoms with van der Waals surface area (Å²) in [5.74, 6) is -2.44. The van der Waals surface area contributed by atoms with Gasteiger partial charge in [0.15, 0.2) is 0 Å². The lowest BCUT2D eigenvalue weighted by molar-refractivity contribution is -0.161. The Hall–Kier alpha value is -1.67. The lowest BCUT2D eigenvalue weighted by Gasteiger charge is -2.37. The molecule has 0 aromatic heterocycles. The van der Waals surface area contributed by atoms with Gasteiger partial charge in [-0.2, -0.15) is 0 Å². The Balaban J connectivity index is 2.01. The monoisotopic (exact) mass is 438 g/mol. The molecular formula is C23H38N2O6. The van der Waals surface area contributed by atoms with Crippen molar-refractivity contribution in [2.24, 2.45) is 11.8 Å². The maximum atomic E-state index is 13.7. The first kappa shape index (κ1) is 24.0. The summed E-state index contributed by atoms with van der Waals surface area (Å²) in [7, 11) is 0. The molecule has 0 aliphatic carbocycles. The minimum atomic E-state index is -1.05. The van der Waals surface area contributed by atoms with Gasteiger partial charge in [0.2, 0.25) is 11.8 Å². The highest BCUT2D eigenvalue weighted by molar-refractivity contribution is 5.98. The molecule has 3 fully saturated rings. The smallest absolute Gasteiger partial charge is 0.312 e. The van der Waals surface area contributed by atoms with Crippen LogP contribution in [0, 0.1) is 11.8 Å². The number of amides is 2. The van der Waals surface area contributed by atoms with E-state index in [9.17, 15) is 19.5 Å². The Kier molecular flexibility index (Phi) is 7.31. The zero-order valence-electron chi connectivity index (χ0n) is 19.3. The Bertz CT molecular complexity index is 696. The van der Waals surface area contributed by atoms with Crippen LogP contribution >= 0.6 is 0 Å². The minimum absolute atomic E-state index is 0.225. The van der Waals surface area contributed by atoms with Crippen molar-refractivity contribution in [2.75, 3.05) is 19.8 Å². The molecule has 3 aliphatic rings. The SMILES string of the molecule is CCCCCNC(=O)C1N([C@@H](CC)CO)C(=O)[C@@H]2[C@H](C(=O)OCC)[C@]3(CC)CCC12O3. The number of likely N-dealkylation sites (tertiary alicyclic amines) is 1. The molecule has 2 N–H and O–H groups in total. The first-order valence-corrected chi connectivity index (χ1v) is 11.9. The molecule has 31 heavy (non-hydrogen) atoms. The highest BCUT2D eigenvalue weighted by Crippen LogP contribution is 2.64. The van der Waals surface area contributed by atoms with Crippen LogP contribution in [0.4, 0.5) is 0 Å². The van der Waals surface area contributed by atoms with Crippen LogP contribution in [0.1, 0.15) is 72.6 Å². The second-order valence-corrected chi connectivity index (χ2v) is 9.07. The molecule has 6 atom stereocenters. The Morgan fingerprint density at radius 3 is 2.58 bits per heavy atom. The third kappa shape index (κ3) is 3.65. The topological polar surface area (TPSA) is 105 Å². The zero-order valence-corrected chi connectivity index (χ0v) is 19.3. The number of carbonyl (C=O) groups is 3. The van der Waals surface area contributed by atoms with Crippen molar-refractivity contribution in [3.8, 4) is 0 Å². The number of carbonyl (C=O) groups excluding carboxylic acids is 3. The molecule has 3 aliphatic heterocycles. The molecule has 2 unspecified atom stereocenters. The van der Waals surface area contributed by atoms with E-state index in [1.54, 1.807) is 6.92 Å². The van der Waals surface area contributed by atoms with E-state index in [2.05, 4.69) is 12.2 Å². The Morgan fingerprint density at radius 1 is 1.26 bits per heavy atom. The van der Waals surface area contributed by atoms with Crippen molar-refractivity contribution in [3.63, 3.8) is 0 Å². The van der Waals surface area contributed by atoms with E-state index in [0.29, 0.717) is 32.2 Å². The van der Waals surface area contributed by atoms with Crippen molar-refractivity contribution in [1.82, 2.24) is 10.2 Å². The molecule has 1 spiro atoms. The van der Waals surface area contributed by atoms with Crippen molar-refractivity contribution in [1.29, 1.82) is 0 Å². The minimum Gasteiger partial charge on any atom is -0.466 e. The van der Waals surface area contributed by atoms with Crippen LogP contribution in [-0.4, -0.2) is 70.8 Å². The predicted molar refractivity (Wildman–Crippen MR) is 114 cm³/mol. The second kappa shape index (κ2) is 9.45. The first-order chi connectivity index (χ1) is 14.9. The van der Waals surface area contributed by atoms with Gasteiger partial charge in [0.1, 0.15) is 17.6 Å². The van der Waals surface area contributed by atoms with Crippen LogP contribution in [0.25, 0.3) is 0 Å². The lowest BCUT2D eigenvalue weighted by Crippen LogP contribution is -2.58. The number of aliphatic hydroxyl groups is 1. The molecule has 2 bridgehead atoms. The molecule has 3 heterocycles. The van der Waals surface area contributed by atoms with Gasteiger partial charge in [-0.1, -0.05) is 33.6 Å². The number of hydrogen-bond donors (Lipinski definition) is 2. The fourth-order valence-corrected chi connectivity index (χ4v) is 6.04. The summed E-state index contributed by atoms with van der Waals surface area (Å²) in [6.45, 7) is 8.19. The second-order valence-electron chi connectivity index (χ2n) is 9.07. The summed E-state index contributed by atoms with van der Waals surface area (Å²) in [5, 5.41) is 13.0. The number of esters is 1. The predicted octanol–water partition coefficient (Wildman–Crippen LogP) is 1.78. The van der Waals surface area contributed by atoms with Crippen LogP contribution in [-0.2, 0) is 23.9 Å². The third-order valence-electron chi connectivity index (χ3n) is 7.56. The van der Waals surface area contributed by atoms with Crippen molar-refractivity contribution in [3.05, 3.63) is 0 Å². The first-order valence-electron chi connectivity index (χ1n) is 11.9. The largest absolute Gasteiger partial charge is 0.466 e. The van der Waals surface area contributed by atoms with E-state index >= 15 is 0 Å². The lowest BCUT2D eigenvalue weighted by atomic mass is 9.65. The quantitative estimate of drug-likeness (QED) is 0.376. The average Bonchev–Trinajstić information content (AvgIpc) is 3.36. The van der Waals surface area contributed by atoms with Gasteiger partial charge >= 0.3 is 5.97 Å². The van der Waals surface area contributed by atoms with Gasteiger partial charge in [-0.15, -0.1) is 0 Å². The maximum Gasteiger partial charge on any atom is 0.312 e. The van der Waals surface area contributed by atoms with Crippen LogP contribution in [0.2, 0.25) is 0 Å². The van der Waals surface area contributed by atoms with Crippen molar-refractivity contribution >= 4 is 17.8 Å². The van der Waals surface area contributed by atoms with Gasteiger partial charge in [0, 0.05) is 6.54 Å². The number of nitrogens with one attached hydrogen (secondary N) is 1. The summed E-state index contributed by atoms with van der Waals surface area (Å²) in [6.07, 6.45) is 5.15. The van der Waals surface area contributed by atoms with Crippen LogP contribution in [0.5, 0.6) is 0 Å². The third-order valence-corrected chi connectivity index (χ3v) is 7.56.